The third-order valence-electron chi connectivity index (χ3n) is 6.54. The van der Waals surface area contributed by atoms with Gasteiger partial charge in [0.05, 0.1) is 6.42 Å². The summed E-state index contributed by atoms with van der Waals surface area (Å²) in [4.78, 5) is 23.5. The van der Waals surface area contributed by atoms with Crippen molar-refractivity contribution in [1.29, 1.82) is 0 Å². The van der Waals surface area contributed by atoms with Crippen LogP contribution in [0.15, 0.2) is 12.7 Å². The second-order valence-electron chi connectivity index (χ2n) is 8.45. The molecule has 4 heteroatoms. The first kappa shape index (κ1) is 17.5. The highest BCUT2D eigenvalue weighted by Crippen LogP contribution is 2.65. The van der Waals surface area contributed by atoms with Gasteiger partial charge in [0.2, 0.25) is 0 Å². The quantitative estimate of drug-likeness (QED) is 0.521. The Bertz CT molecular complexity index is 508. The highest BCUT2D eigenvalue weighted by Gasteiger charge is 2.62. The minimum absolute atomic E-state index is 0.0710. The maximum absolute atomic E-state index is 12.4. The fourth-order valence-corrected chi connectivity index (χ4v) is 6.02. The monoisotopic (exact) mass is 334 g/mol. The summed E-state index contributed by atoms with van der Waals surface area (Å²) in [6.07, 6.45) is 9.41. The third kappa shape index (κ3) is 3.12. The molecular formula is C20H30O4. The first-order valence-electron chi connectivity index (χ1n) is 9.42. The van der Waals surface area contributed by atoms with Crippen LogP contribution < -0.4 is 0 Å². The van der Waals surface area contributed by atoms with Crippen molar-refractivity contribution in [3.05, 3.63) is 12.7 Å². The summed E-state index contributed by atoms with van der Waals surface area (Å²) in [5, 5.41) is 0. The molecule has 4 bridgehead atoms. The van der Waals surface area contributed by atoms with Gasteiger partial charge >= 0.3 is 11.9 Å². The van der Waals surface area contributed by atoms with Gasteiger partial charge in [0, 0.05) is 6.08 Å². The first-order chi connectivity index (χ1) is 11.4. The molecule has 0 spiro atoms. The van der Waals surface area contributed by atoms with Gasteiger partial charge in [0.15, 0.2) is 0 Å². The van der Waals surface area contributed by atoms with E-state index in [1.165, 1.54) is 32.1 Å². The summed E-state index contributed by atoms with van der Waals surface area (Å²) >= 11 is 0. The van der Waals surface area contributed by atoms with Gasteiger partial charge in [-0.05, 0) is 61.7 Å². The highest BCUT2D eigenvalue weighted by molar-refractivity contribution is 5.81. The molecule has 0 radical (unpaired) electrons. The molecule has 2 unspecified atom stereocenters. The van der Waals surface area contributed by atoms with E-state index < -0.39 is 5.97 Å². The van der Waals surface area contributed by atoms with Crippen LogP contribution in [0.5, 0.6) is 0 Å². The lowest BCUT2D eigenvalue weighted by atomic mass is 9.44. The molecule has 0 aliphatic heterocycles. The van der Waals surface area contributed by atoms with Crippen LogP contribution in [0.25, 0.3) is 0 Å². The summed E-state index contributed by atoms with van der Waals surface area (Å²) in [6, 6.07) is 0. The molecule has 4 saturated carbocycles. The number of rotatable bonds is 7. The predicted molar refractivity (Wildman–Crippen MR) is 91.2 cm³/mol. The number of ether oxygens (including phenoxy) is 2. The molecule has 0 saturated heterocycles. The van der Waals surface area contributed by atoms with Crippen LogP contribution in [0.4, 0.5) is 0 Å². The van der Waals surface area contributed by atoms with E-state index in [9.17, 15) is 9.59 Å². The van der Waals surface area contributed by atoms with Crippen molar-refractivity contribution in [2.75, 3.05) is 6.61 Å². The average Bonchev–Trinajstić information content (AvgIpc) is 2.51. The van der Waals surface area contributed by atoms with Crippen molar-refractivity contribution >= 4 is 11.9 Å². The Hall–Kier alpha value is -1.32. The molecule has 4 nitrogen and oxygen atoms in total. The summed E-state index contributed by atoms with van der Waals surface area (Å²) < 4.78 is 11.1. The second kappa shape index (κ2) is 6.53. The lowest BCUT2D eigenvalue weighted by Crippen LogP contribution is -2.62. The van der Waals surface area contributed by atoms with Crippen LogP contribution in [-0.4, -0.2) is 24.1 Å². The molecule has 4 fully saturated rings. The van der Waals surface area contributed by atoms with Gasteiger partial charge in [-0.15, -0.1) is 0 Å². The van der Waals surface area contributed by atoms with Crippen molar-refractivity contribution < 1.29 is 19.1 Å². The Balaban J connectivity index is 1.67. The number of esters is 2. The second-order valence-corrected chi connectivity index (χ2v) is 8.45. The molecule has 4 rings (SSSR count). The molecule has 4 aliphatic carbocycles. The van der Waals surface area contributed by atoms with Crippen molar-refractivity contribution in [3.63, 3.8) is 0 Å². The molecule has 0 aromatic carbocycles. The zero-order valence-electron chi connectivity index (χ0n) is 15.0. The number of hydrogen-bond donors (Lipinski definition) is 0. The van der Waals surface area contributed by atoms with E-state index in [2.05, 4.69) is 20.4 Å². The number of hydrogen-bond acceptors (Lipinski definition) is 4. The van der Waals surface area contributed by atoms with Crippen LogP contribution >= 0.6 is 0 Å². The lowest BCUT2D eigenvalue weighted by Gasteiger charge is -2.64. The normalized spacial score (nSPS) is 39.5. The maximum atomic E-state index is 12.4. The molecular weight excluding hydrogens is 304 g/mol. The van der Waals surface area contributed by atoms with Crippen LogP contribution in [0.3, 0.4) is 0 Å². The Morgan fingerprint density at radius 2 is 1.88 bits per heavy atom. The lowest BCUT2D eigenvalue weighted by molar-refractivity contribution is -0.226. The summed E-state index contributed by atoms with van der Waals surface area (Å²) in [6.45, 7) is 8.02. The minimum atomic E-state index is -0.492. The van der Waals surface area contributed by atoms with Gasteiger partial charge < -0.3 is 9.47 Å². The Morgan fingerprint density at radius 1 is 1.21 bits per heavy atom. The third-order valence-corrected chi connectivity index (χ3v) is 6.54. The van der Waals surface area contributed by atoms with Crippen molar-refractivity contribution in [2.24, 2.45) is 23.2 Å². The van der Waals surface area contributed by atoms with Gasteiger partial charge in [-0.25, -0.2) is 4.79 Å². The smallest absolute Gasteiger partial charge is 0.330 e. The molecule has 4 aliphatic rings. The van der Waals surface area contributed by atoms with E-state index in [0.717, 1.165) is 24.8 Å². The van der Waals surface area contributed by atoms with Crippen LogP contribution in [0, 0.1) is 23.2 Å². The first-order valence-corrected chi connectivity index (χ1v) is 9.42. The van der Waals surface area contributed by atoms with E-state index in [0.29, 0.717) is 17.3 Å². The van der Waals surface area contributed by atoms with Gasteiger partial charge in [0.1, 0.15) is 12.2 Å². The molecule has 0 aromatic heterocycles. The van der Waals surface area contributed by atoms with Crippen LogP contribution in [-0.2, 0) is 19.1 Å². The zero-order valence-corrected chi connectivity index (χ0v) is 15.0. The van der Waals surface area contributed by atoms with E-state index in [4.69, 9.17) is 9.47 Å². The average molecular weight is 334 g/mol. The maximum Gasteiger partial charge on any atom is 0.330 e. The van der Waals surface area contributed by atoms with Gasteiger partial charge in [-0.2, -0.15) is 0 Å². The van der Waals surface area contributed by atoms with Crippen molar-refractivity contribution in [3.8, 4) is 0 Å². The minimum Gasteiger partial charge on any atom is -0.462 e. The topological polar surface area (TPSA) is 52.6 Å². The largest absolute Gasteiger partial charge is 0.462 e. The SMILES string of the molecule is C=CC(=O)OCCC(=O)OC1(CCC)C2CC3CC1CC(C)(C3)C2. The molecule has 0 aromatic rings. The predicted octanol–water partition coefficient (Wildman–Crippen LogP) is 4.03. The van der Waals surface area contributed by atoms with Gasteiger partial charge in [0.25, 0.3) is 0 Å². The standard InChI is InChI=1S/C20H30O4/c1-4-7-20(24-18(22)6-8-23-17(21)5-2)15-9-14-10-16(20)13-19(3,11-14)12-15/h5,14-16H,2,4,6-13H2,1,3H3. The zero-order chi connectivity index (χ0) is 17.4. The summed E-state index contributed by atoms with van der Waals surface area (Å²) in [5.74, 6) is 1.12. The van der Waals surface area contributed by atoms with Crippen molar-refractivity contribution in [2.45, 2.75) is 70.8 Å². The van der Waals surface area contributed by atoms with E-state index >= 15 is 0 Å². The van der Waals surface area contributed by atoms with Crippen molar-refractivity contribution in [1.82, 2.24) is 0 Å². The van der Waals surface area contributed by atoms with E-state index in [-0.39, 0.29) is 24.6 Å². The molecule has 2 atom stereocenters. The van der Waals surface area contributed by atoms with Crippen LogP contribution in [0.2, 0.25) is 0 Å². The summed E-state index contributed by atoms with van der Waals surface area (Å²) in [5.41, 5.74) is 0.185. The Morgan fingerprint density at radius 3 is 2.42 bits per heavy atom. The fourth-order valence-electron chi connectivity index (χ4n) is 6.02. The molecule has 0 heterocycles. The number of carbonyl (C=O) groups is 2. The van der Waals surface area contributed by atoms with Gasteiger partial charge in [-0.3, -0.25) is 4.79 Å². The fraction of sp³-hybridized carbons (Fsp3) is 0.800. The van der Waals surface area contributed by atoms with E-state index in [1.807, 2.05) is 0 Å². The van der Waals surface area contributed by atoms with Gasteiger partial charge in [-0.1, -0.05) is 26.8 Å². The molecule has 134 valence electrons. The highest BCUT2D eigenvalue weighted by atomic mass is 16.6. The van der Waals surface area contributed by atoms with Crippen LogP contribution in [0.1, 0.15) is 65.2 Å². The van der Waals surface area contributed by atoms with E-state index in [1.54, 1.807) is 0 Å². The summed E-state index contributed by atoms with van der Waals surface area (Å²) in [7, 11) is 0. The molecule has 24 heavy (non-hydrogen) atoms. The Labute approximate surface area is 145 Å². The molecule has 0 N–H and O–H groups in total. The number of carbonyl (C=O) groups excluding carboxylic acids is 2. The molecule has 0 amide bonds. The Kier molecular flexibility index (Phi) is 4.76.